The minimum Gasteiger partial charge on any atom is -0.390 e. The largest absolute Gasteiger partial charge is 0.390 e. The molecule has 0 aliphatic carbocycles. The molecule has 8 heteroatoms. The third kappa shape index (κ3) is 7.63. The third-order valence-electron chi connectivity index (χ3n) is 4.83. The molecular formula is C23H27Cl3N2O3. The summed E-state index contributed by atoms with van der Waals surface area (Å²) in [6, 6.07) is 13.2. The fourth-order valence-electron chi connectivity index (χ4n) is 3.41. The van der Waals surface area contributed by atoms with Gasteiger partial charge in [-0.25, -0.2) is 0 Å². The van der Waals surface area contributed by atoms with Crippen molar-refractivity contribution < 1.29 is 14.7 Å². The predicted octanol–water partition coefficient (Wildman–Crippen LogP) is 5.43. The van der Waals surface area contributed by atoms with E-state index >= 15 is 0 Å². The summed E-state index contributed by atoms with van der Waals surface area (Å²) in [5, 5.41) is 16.4. The number of halogens is 3. The molecular weight excluding hydrogens is 459 g/mol. The van der Waals surface area contributed by atoms with E-state index < -0.39 is 6.10 Å². The smallest absolute Gasteiger partial charge is 0.145 e. The summed E-state index contributed by atoms with van der Waals surface area (Å²) in [5.74, 6) is 0. The van der Waals surface area contributed by atoms with E-state index in [4.69, 9.17) is 44.4 Å². The summed E-state index contributed by atoms with van der Waals surface area (Å²) >= 11 is 18.3. The number of nitrogens with zero attached hydrogens (tertiary/aromatic N) is 2. The number of hydrogen-bond donors (Lipinski definition) is 1. The van der Waals surface area contributed by atoms with Gasteiger partial charge in [0.05, 0.1) is 34.6 Å². The zero-order valence-electron chi connectivity index (χ0n) is 17.6. The standard InChI is InChI=1S/C23H27Cl3N2O3/c1-15(2)30-14-19(29)12-28(11-16-4-3-5-18(24)8-16)13-20-10-23(27-31-20)17-6-7-21(25)22(26)9-17/h3-9,15,19-20,29H,10-14H2,1-2H3/t19-,20-/m0/s1. The Hall–Kier alpha value is -1.34. The second-order valence-electron chi connectivity index (χ2n) is 7.96. The first-order valence-electron chi connectivity index (χ1n) is 10.2. The molecule has 0 bridgehead atoms. The summed E-state index contributed by atoms with van der Waals surface area (Å²) in [6.45, 7) is 5.84. The topological polar surface area (TPSA) is 54.3 Å². The summed E-state index contributed by atoms with van der Waals surface area (Å²) < 4.78 is 5.56. The van der Waals surface area contributed by atoms with E-state index in [1.54, 1.807) is 12.1 Å². The van der Waals surface area contributed by atoms with Crippen LogP contribution < -0.4 is 0 Å². The molecule has 0 spiro atoms. The van der Waals surface area contributed by atoms with Crippen LogP contribution in [-0.2, 0) is 16.1 Å². The zero-order chi connectivity index (χ0) is 22.4. The van der Waals surface area contributed by atoms with Crippen LogP contribution in [0.15, 0.2) is 47.6 Å². The first-order chi connectivity index (χ1) is 14.8. The summed E-state index contributed by atoms with van der Waals surface area (Å²) in [5.41, 5.74) is 2.78. The highest BCUT2D eigenvalue weighted by molar-refractivity contribution is 6.42. The minimum absolute atomic E-state index is 0.0661. The fourth-order valence-corrected chi connectivity index (χ4v) is 3.92. The van der Waals surface area contributed by atoms with Crippen LogP contribution in [0, 0.1) is 0 Å². The maximum Gasteiger partial charge on any atom is 0.145 e. The second-order valence-corrected chi connectivity index (χ2v) is 9.21. The molecule has 0 amide bonds. The van der Waals surface area contributed by atoms with Crippen LogP contribution in [0.25, 0.3) is 0 Å². The van der Waals surface area contributed by atoms with E-state index in [0.717, 1.165) is 16.8 Å². The van der Waals surface area contributed by atoms with Gasteiger partial charge in [-0.15, -0.1) is 0 Å². The molecule has 0 saturated carbocycles. The fraction of sp³-hybridized carbons (Fsp3) is 0.435. The van der Waals surface area contributed by atoms with Crippen LogP contribution in [0.3, 0.4) is 0 Å². The first kappa shape index (κ1) is 24.3. The van der Waals surface area contributed by atoms with Crippen molar-refractivity contribution in [2.75, 3.05) is 19.7 Å². The first-order valence-corrected chi connectivity index (χ1v) is 11.4. The van der Waals surface area contributed by atoms with Crippen molar-refractivity contribution in [3.8, 4) is 0 Å². The van der Waals surface area contributed by atoms with Gasteiger partial charge in [0.1, 0.15) is 6.10 Å². The molecule has 31 heavy (non-hydrogen) atoms. The highest BCUT2D eigenvalue weighted by atomic mass is 35.5. The SMILES string of the molecule is CC(C)OC[C@@H](O)CN(Cc1cccc(Cl)c1)C[C@@H]1CC(c2ccc(Cl)c(Cl)c2)=NO1. The van der Waals surface area contributed by atoms with Gasteiger partial charge in [0.15, 0.2) is 0 Å². The van der Waals surface area contributed by atoms with Gasteiger partial charge >= 0.3 is 0 Å². The van der Waals surface area contributed by atoms with Gasteiger partial charge in [-0.05, 0) is 43.7 Å². The lowest BCUT2D eigenvalue weighted by atomic mass is 10.0. The van der Waals surface area contributed by atoms with Gasteiger partial charge in [0.25, 0.3) is 0 Å². The normalized spacial score (nSPS) is 17.2. The Balaban J connectivity index is 1.64. The molecule has 1 aliphatic rings. The Bertz CT molecular complexity index is 907. The summed E-state index contributed by atoms with van der Waals surface area (Å²) in [7, 11) is 0. The maximum atomic E-state index is 10.5. The van der Waals surface area contributed by atoms with Crippen LogP contribution in [0.4, 0.5) is 0 Å². The molecule has 1 heterocycles. The molecule has 168 valence electrons. The lowest BCUT2D eigenvalue weighted by molar-refractivity contribution is -0.0194. The Kier molecular flexibility index (Phi) is 9.02. The Morgan fingerprint density at radius 1 is 1.16 bits per heavy atom. The summed E-state index contributed by atoms with van der Waals surface area (Å²) in [4.78, 5) is 7.83. The van der Waals surface area contributed by atoms with Crippen molar-refractivity contribution in [3.05, 3.63) is 68.7 Å². The van der Waals surface area contributed by atoms with Gasteiger partial charge in [0.2, 0.25) is 0 Å². The van der Waals surface area contributed by atoms with Crippen molar-refractivity contribution in [2.24, 2.45) is 5.16 Å². The molecule has 0 saturated heterocycles. The van der Waals surface area contributed by atoms with Gasteiger partial charge < -0.3 is 14.7 Å². The lowest BCUT2D eigenvalue weighted by Crippen LogP contribution is -2.39. The molecule has 1 aliphatic heterocycles. The molecule has 2 aromatic rings. The third-order valence-corrected chi connectivity index (χ3v) is 5.81. The lowest BCUT2D eigenvalue weighted by Gasteiger charge is -2.27. The van der Waals surface area contributed by atoms with Gasteiger partial charge in [-0.2, -0.15) is 0 Å². The van der Waals surface area contributed by atoms with E-state index in [1.165, 1.54) is 0 Å². The van der Waals surface area contributed by atoms with Crippen LogP contribution in [0.1, 0.15) is 31.4 Å². The Morgan fingerprint density at radius 2 is 1.97 bits per heavy atom. The number of oxime groups is 1. The van der Waals surface area contributed by atoms with E-state index in [9.17, 15) is 5.11 Å². The Labute approximate surface area is 198 Å². The predicted molar refractivity (Wildman–Crippen MR) is 126 cm³/mol. The molecule has 0 fully saturated rings. The van der Waals surface area contributed by atoms with E-state index in [0.29, 0.717) is 41.1 Å². The molecule has 0 unspecified atom stereocenters. The van der Waals surface area contributed by atoms with Crippen LogP contribution in [-0.4, -0.2) is 53.7 Å². The van der Waals surface area contributed by atoms with Crippen LogP contribution >= 0.6 is 34.8 Å². The number of aliphatic hydroxyl groups excluding tert-OH is 1. The second kappa shape index (κ2) is 11.5. The number of benzene rings is 2. The Morgan fingerprint density at radius 3 is 2.68 bits per heavy atom. The molecule has 0 radical (unpaired) electrons. The molecule has 2 aromatic carbocycles. The average Bonchev–Trinajstić information content (AvgIpc) is 3.17. The van der Waals surface area contributed by atoms with Crippen molar-refractivity contribution in [2.45, 2.75) is 45.1 Å². The monoisotopic (exact) mass is 484 g/mol. The van der Waals surface area contributed by atoms with E-state index in [1.807, 2.05) is 44.2 Å². The van der Waals surface area contributed by atoms with E-state index in [2.05, 4.69) is 10.1 Å². The molecule has 5 nitrogen and oxygen atoms in total. The zero-order valence-corrected chi connectivity index (χ0v) is 19.9. The summed E-state index contributed by atoms with van der Waals surface area (Å²) in [6.07, 6.45) is -0.0422. The van der Waals surface area contributed by atoms with Gasteiger partial charge in [-0.3, -0.25) is 4.90 Å². The molecule has 0 aromatic heterocycles. The molecule has 1 N–H and O–H groups in total. The van der Waals surface area contributed by atoms with Gasteiger partial charge in [-0.1, -0.05) is 58.2 Å². The number of hydrogen-bond acceptors (Lipinski definition) is 5. The van der Waals surface area contributed by atoms with Crippen molar-refractivity contribution in [1.82, 2.24) is 4.90 Å². The van der Waals surface area contributed by atoms with Crippen LogP contribution in [0.5, 0.6) is 0 Å². The number of rotatable bonds is 10. The van der Waals surface area contributed by atoms with Crippen molar-refractivity contribution in [3.63, 3.8) is 0 Å². The van der Waals surface area contributed by atoms with Crippen molar-refractivity contribution >= 4 is 40.5 Å². The number of aliphatic hydroxyl groups is 1. The van der Waals surface area contributed by atoms with Gasteiger partial charge in [0, 0.05) is 36.6 Å². The van der Waals surface area contributed by atoms with E-state index in [-0.39, 0.29) is 18.8 Å². The molecule has 3 rings (SSSR count). The van der Waals surface area contributed by atoms with Crippen LogP contribution in [0.2, 0.25) is 15.1 Å². The highest BCUT2D eigenvalue weighted by Gasteiger charge is 2.26. The quantitative estimate of drug-likeness (QED) is 0.488. The number of ether oxygens (including phenoxy) is 1. The highest BCUT2D eigenvalue weighted by Crippen LogP contribution is 2.26. The average molecular weight is 486 g/mol. The van der Waals surface area contributed by atoms with Crippen molar-refractivity contribution in [1.29, 1.82) is 0 Å². The molecule has 2 atom stereocenters. The minimum atomic E-state index is -0.613. The maximum absolute atomic E-state index is 10.5.